The number of hydrogen-bond donors (Lipinski definition) is 0. The molecule has 1 atom stereocenters. The Labute approximate surface area is 109 Å². The fourth-order valence-corrected chi connectivity index (χ4v) is 2.37. The molecule has 0 aromatic heterocycles. The van der Waals surface area contributed by atoms with Crippen molar-refractivity contribution in [3.05, 3.63) is 34.9 Å². The standard InChI is InChI=1S/C15H21NO2/c1-11-6-7-13(12(2)9-11)10-16(3)15(17)14-5-4-8-18-14/h6-7,9,14H,4-5,8,10H2,1-3H3. The van der Waals surface area contributed by atoms with Gasteiger partial charge in [0, 0.05) is 20.2 Å². The van der Waals surface area contributed by atoms with E-state index in [4.69, 9.17) is 4.74 Å². The van der Waals surface area contributed by atoms with E-state index in [0.29, 0.717) is 13.2 Å². The maximum Gasteiger partial charge on any atom is 0.251 e. The van der Waals surface area contributed by atoms with Crippen LogP contribution in [0.15, 0.2) is 18.2 Å². The van der Waals surface area contributed by atoms with Crippen LogP contribution in [0.5, 0.6) is 0 Å². The number of rotatable bonds is 3. The number of carbonyl (C=O) groups is 1. The van der Waals surface area contributed by atoms with Crippen LogP contribution in [0.2, 0.25) is 0 Å². The highest BCUT2D eigenvalue weighted by molar-refractivity contribution is 5.80. The third kappa shape index (κ3) is 2.91. The van der Waals surface area contributed by atoms with Crippen molar-refractivity contribution in [2.75, 3.05) is 13.7 Å². The lowest BCUT2D eigenvalue weighted by molar-refractivity contribution is -0.140. The predicted octanol–water partition coefficient (Wildman–Crippen LogP) is 2.44. The molecule has 1 aliphatic heterocycles. The maximum atomic E-state index is 12.1. The molecule has 3 heteroatoms. The van der Waals surface area contributed by atoms with E-state index in [1.807, 2.05) is 7.05 Å². The fraction of sp³-hybridized carbons (Fsp3) is 0.533. The summed E-state index contributed by atoms with van der Waals surface area (Å²) in [4.78, 5) is 13.9. The summed E-state index contributed by atoms with van der Waals surface area (Å²) in [7, 11) is 1.85. The largest absolute Gasteiger partial charge is 0.368 e. The molecule has 0 N–H and O–H groups in total. The molecule has 1 amide bonds. The lowest BCUT2D eigenvalue weighted by atomic mass is 10.1. The molecule has 2 rings (SSSR count). The molecule has 98 valence electrons. The van der Waals surface area contributed by atoms with E-state index in [1.54, 1.807) is 4.90 Å². The van der Waals surface area contributed by atoms with Crippen molar-refractivity contribution >= 4 is 5.91 Å². The third-order valence-corrected chi connectivity index (χ3v) is 3.49. The zero-order chi connectivity index (χ0) is 13.1. The number of ether oxygens (including phenoxy) is 1. The highest BCUT2D eigenvalue weighted by Gasteiger charge is 2.26. The van der Waals surface area contributed by atoms with Gasteiger partial charge >= 0.3 is 0 Å². The van der Waals surface area contributed by atoms with Crippen molar-refractivity contribution in [2.24, 2.45) is 0 Å². The van der Waals surface area contributed by atoms with Crippen LogP contribution in [0.3, 0.4) is 0 Å². The first-order valence-electron chi connectivity index (χ1n) is 6.50. The molecular weight excluding hydrogens is 226 g/mol. The SMILES string of the molecule is Cc1ccc(CN(C)C(=O)C2CCCO2)c(C)c1. The Morgan fingerprint density at radius 1 is 1.44 bits per heavy atom. The van der Waals surface area contributed by atoms with Gasteiger partial charge in [0.2, 0.25) is 0 Å². The molecule has 0 radical (unpaired) electrons. The minimum Gasteiger partial charge on any atom is -0.368 e. The molecule has 0 spiro atoms. The zero-order valence-electron chi connectivity index (χ0n) is 11.4. The average molecular weight is 247 g/mol. The maximum absolute atomic E-state index is 12.1. The van der Waals surface area contributed by atoms with Gasteiger partial charge in [0.25, 0.3) is 5.91 Å². The number of nitrogens with zero attached hydrogens (tertiary/aromatic N) is 1. The molecular formula is C15H21NO2. The van der Waals surface area contributed by atoms with Crippen LogP contribution in [0.1, 0.15) is 29.5 Å². The number of benzene rings is 1. The summed E-state index contributed by atoms with van der Waals surface area (Å²) in [6.07, 6.45) is 1.63. The van der Waals surface area contributed by atoms with Crippen LogP contribution in [0, 0.1) is 13.8 Å². The molecule has 1 heterocycles. The first kappa shape index (κ1) is 13.1. The highest BCUT2D eigenvalue weighted by atomic mass is 16.5. The van der Waals surface area contributed by atoms with Gasteiger partial charge in [-0.3, -0.25) is 4.79 Å². The quantitative estimate of drug-likeness (QED) is 0.821. The van der Waals surface area contributed by atoms with Crippen molar-refractivity contribution in [3.63, 3.8) is 0 Å². The Morgan fingerprint density at radius 2 is 2.22 bits per heavy atom. The monoisotopic (exact) mass is 247 g/mol. The van der Waals surface area contributed by atoms with E-state index in [2.05, 4.69) is 32.0 Å². The second kappa shape index (κ2) is 5.53. The summed E-state index contributed by atoms with van der Waals surface area (Å²) < 4.78 is 5.43. The number of hydrogen-bond acceptors (Lipinski definition) is 2. The minimum atomic E-state index is -0.222. The predicted molar refractivity (Wildman–Crippen MR) is 71.4 cm³/mol. The Morgan fingerprint density at radius 3 is 2.83 bits per heavy atom. The van der Waals surface area contributed by atoms with Gasteiger partial charge < -0.3 is 9.64 Å². The summed E-state index contributed by atoms with van der Waals surface area (Å²) in [5.74, 6) is 0.104. The van der Waals surface area contributed by atoms with Gasteiger partial charge in [-0.15, -0.1) is 0 Å². The smallest absolute Gasteiger partial charge is 0.251 e. The van der Waals surface area contributed by atoms with E-state index in [-0.39, 0.29) is 12.0 Å². The molecule has 1 unspecified atom stereocenters. The van der Waals surface area contributed by atoms with Gasteiger partial charge in [-0.1, -0.05) is 23.8 Å². The van der Waals surface area contributed by atoms with E-state index in [9.17, 15) is 4.79 Å². The molecule has 18 heavy (non-hydrogen) atoms. The molecule has 0 aliphatic carbocycles. The van der Waals surface area contributed by atoms with Gasteiger partial charge in [0.15, 0.2) is 0 Å². The Bertz CT molecular complexity index is 436. The average Bonchev–Trinajstić information content (AvgIpc) is 2.85. The van der Waals surface area contributed by atoms with Crippen molar-refractivity contribution in [2.45, 2.75) is 39.3 Å². The Balaban J connectivity index is 2.01. The van der Waals surface area contributed by atoms with Crippen LogP contribution >= 0.6 is 0 Å². The van der Waals surface area contributed by atoms with Crippen LogP contribution in [0.4, 0.5) is 0 Å². The molecule has 1 aromatic carbocycles. The zero-order valence-corrected chi connectivity index (χ0v) is 11.4. The van der Waals surface area contributed by atoms with Gasteiger partial charge in [-0.25, -0.2) is 0 Å². The Kier molecular flexibility index (Phi) is 4.02. The summed E-state index contributed by atoms with van der Waals surface area (Å²) in [5, 5.41) is 0. The second-order valence-corrected chi connectivity index (χ2v) is 5.13. The fourth-order valence-electron chi connectivity index (χ4n) is 2.37. The Hall–Kier alpha value is -1.35. The summed E-state index contributed by atoms with van der Waals surface area (Å²) in [6.45, 7) is 5.54. The van der Waals surface area contributed by atoms with Crippen molar-refractivity contribution in [1.82, 2.24) is 4.90 Å². The number of amides is 1. The lowest BCUT2D eigenvalue weighted by Gasteiger charge is -2.21. The van der Waals surface area contributed by atoms with Crippen LogP contribution in [0.25, 0.3) is 0 Å². The van der Waals surface area contributed by atoms with Crippen molar-refractivity contribution in [1.29, 1.82) is 0 Å². The summed E-state index contributed by atoms with van der Waals surface area (Å²) in [5.41, 5.74) is 3.70. The highest BCUT2D eigenvalue weighted by Crippen LogP contribution is 2.17. The van der Waals surface area contributed by atoms with Gasteiger partial charge in [-0.2, -0.15) is 0 Å². The molecule has 1 fully saturated rings. The molecule has 0 bridgehead atoms. The molecule has 1 aliphatic rings. The van der Waals surface area contributed by atoms with E-state index in [1.165, 1.54) is 16.7 Å². The van der Waals surface area contributed by atoms with Crippen LogP contribution in [-0.4, -0.2) is 30.6 Å². The molecule has 1 saturated heterocycles. The van der Waals surface area contributed by atoms with Crippen LogP contribution in [-0.2, 0) is 16.1 Å². The number of aryl methyl sites for hydroxylation is 2. The van der Waals surface area contributed by atoms with Gasteiger partial charge in [0.1, 0.15) is 6.10 Å². The number of likely N-dealkylation sites (N-methyl/N-ethyl adjacent to an activating group) is 1. The van der Waals surface area contributed by atoms with E-state index in [0.717, 1.165) is 12.8 Å². The van der Waals surface area contributed by atoms with Gasteiger partial charge in [0.05, 0.1) is 0 Å². The first-order valence-corrected chi connectivity index (χ1v) is 6.50. The molecule has 0 saturated carbocycles. The molecule has 1 aromatic rings. The lowest BCUT2D eigenvalue weighted by Crippen LogP contribution is -2.35. The topological polar surface area (TPSA) is 29.5 Å². The minimum absolute atomic E-state index is 0.104. The van der Waals surface area contributed by atoms with Crippen molar-refractivity contribution in [3.8, 4) is 0 Å². The van der Waals surface area contributed by atoms with E-state index >= 15 is 0 Å². The first-order chi connectivity index (χ1) is 8.58. The van der Waals surface area contributed by atoms with E-state index < -0.39 is 0 Å². The number of carbonyl (C=O) groups excluding carboxylic acids is 1. The van der Waals surface area contributed by atoms with Crippen molar-refractivity contribution < 1.29 is 9.53 Å². The summed E-state index contributed by atoms with van der Waals surface area (Å²) in [6, 6.07) is 6.34. The molecule has 3 nitrogen and oxygen atoms in total. The normalized spacial score (nSPS) is 18.9. The van der Waals surface area contributed by atoms with Crippen LogP contribution < -0.4 is 0 Å². The summed E-state index contributed by atoms with van der Waals surface area (Å²) >= 11 is 0. The van der Waals surface area contributed by atoms with Gasteiger partial charge in [-0.05, 0) is 37.8 Å². The third-order valence-electron chi connectivity index (χ3n) is 3.49. The second-order valence-electron chi connectivity index (χ2n) is 5.13.